The van der Waals surface area contributed by atoms with Crippen molar-refractivity contribution >= 4 is 21.8 Å². The fourth-order valence-electron chi connectivity index (χ4n) is 2.00. The molecular formula is C12H16BrN3O2. The van der Waals surface area contributed by atoms with E-state index >= 15 is 0 Å². The van der Waals surface area contributed by atoms with Gasteiger partial charge in [-0.3, -0.25) is 4.79 Å². The van der Waals surface area contributed by atoms with Gasteiger partial charge in [0, 0.05) is 23.3 Å². The van der Waals surface area contributed by atoms with Crippen molar-refractivity contribution in [3.05, 3.63) is 28.5 Å². The first-order valence-electron chi connectivity index (χ1n) is 5.92. The van der Waals surface area contributed by atoms with E-state index in [1.807, 2.05) is 6.92 Å². The van der Waals surface area contributed by atoms with Crippen molar-refractivity contribution in [2.24, 2.45) is 5.73 Å². The summed E-state index contributed by atoms with van der Waals surface area (Å²) in [6.45, 7) is 2.55. The predicted octanol–water partition coefficient (Wildman–Crippen LogP) is 1.08. The average molecular weight is 314 g/mol. The van der Waals surface area contributed by atoms with Gasteiger partial charge in [0.05, 0.1) is 12.1 Å². The van der Waals surface area contributed by atoms with E-state index in [9.17, 15) is 4.79 Å². The van der Waals surface area contributed by atoms with Gasteiger partial charge in [-0.2, -0.15) is 0 Å². The SMILES string of the molecule is CCOC1CC(N)C1NC(=O)c1ncccc1Br. The number of amides is 1. The molecule has 0 spiro atoms. The number of carbonyl (C=O) groups excluding carboxylic acids is 1. The second-order valence-corrected chi connectivity index (χ2v) is 5.08. The number of aromatic nitrogens is 1. The molecule has 1 aliphatic rings. The molecule has 0 saturated heterocycles. The van der Waals surface area contributed by atoms with Crippen molar-refractivity contribution in [2.75, 3.05) is 6.61 Å². The molecule has 5 nitrogen and oxygen atoms in total. The number of carbonyl (C=O) groups is 1. The van der Waals surface area contributed by atoms with Crippen LogP contribution in [-0.4, -0.2) is 35.7 Å². The lowest BCUT2D eigenvalue weighted by Crippen LogP contribution is -2.64. The van der Waals surface area contributed by atoms with E-state index in [4.69, 9.17) is 10.5 Å². The molecule has 0 aromatic carbocycles. The van der Waals surface area contributed by atoms with Crippen molar-refractivity contribution in [3.63, 3.8) is 0 Å². The van der Waals surface area contributed by atoms with Crippen LogP contribution in [0, 0.1) is 0 Å². The number of halogens is 1. The Balaban J connectivity index is 2.01. The molecule has 1 aromatic heterocycles. The van der Waals surface area contributed by atoms with Gasteiger partial charge in [-0.1, -0.05) is 0 Å². The van der Waals surface area contributed by atoms with Gasteiger partial charge >= 0.3 is 0 Å². The first kappa shape index (κ1) is 13.5. The molecule has 98 valence electrons. The smallest absolute Gasteiger partial charge is 0.271 e. The highest BCUT2D eigenvalue weighted by Crippen LogP contribution is 2.23. The topological polar surface area (TPSA) is 77.2 Å². The van der Waals surface area contributed by atoms with E-state index in [0.29, 0.717) is 16.8 Å². The van der Waals surface area contributed by atoms with Crippen molar-refractivity contribution in [2.45, 2.75) is 31.5 Å². The maximum absolute atomic E-state index is 12.0. The molecule has 6 heteroatoms. The zero-order valence-corrected chi connectivity index (χ0v) is 11.7. The van der Waals surface area contributed by atoms with Gasteiger partial charge in [0.2, 0.25) is 0 Å². The number of ether oxygens (including phenoxy) is 1. The standard InChI is InChI=1S/C12H16BrN3O2/c1-2-18-9-6-8(14)11(9)16-12(17)10-7(13)4-3-5-15-10/h3-5,8-9,11H,2,6,14H2,1H3,(H,16,17). The molecule has 0 radical (unpaired) electrons. The second kappa shape index (κ2) is 5.77. The third-order valence-electron chi connectivity index (χ3n) is 3.02. The molecular weight excluding hydrogens is 298 g/mol. The van der Waals surface area contributed by atoms with Crippen LogP contribution >= 0.6 is 15.9 Å². The monoisotopic (exact) mass is 313 g/mol. The second-order valence-electron chi connectivity index (χ2n) is 4.23. The summed E-state index contributed by atoms with van der Waals surface area (Å²) in [4.78, 5) is 16.1. The first-order valence-corrected chi connectivity index (χ1v) is 6.71. The van der Waals surface area contributed by atoms with Gasteiger partial charge < -0.3 is 15.8 Å². The summed E-state index contributed by atoms with van der Waals surface area (Å²) in [5.74, 6) is -0.229. The molecule has 1 aliphatic carbocycles. The summed E-state index contributed by atoms with van der Waals surface area (Å²) in [5.41, 5.74) is 6.25. The molecule has 3 atom stereocenters. The molecule has 0 bridgehead atoms. The Morgan fingerprint density at radius 2 is 2.50 bits per heavy atom. The summed E-state index contributed by atoms with van der Waals surface area (Å²) >= 11 is 3.30. The maximum atomic E-state index is 12.0. The summed E-state index contributed by atoms with van der Waals surface area (Å²) in [6.07, 6.45) is 2.37. The van der Waals surface area contributed by atoms with Gasteiger partial charge in [0.1, 0.15) is 5.69 Å². The lowest BCUT2D eigenvalue weighted by atomic mass is 9.83. The van der Waals surface area contributed by atoms with Crippen LogP contribution < -0.4 is 11.1 Å². The third kappa shape index (κ3) is 2.71. The van der Waals surface area contributed by atoms with E-state index in [2.05, 4.69) is 26.2 Å². The molecule has 1 saturated carbocycles. The molecule has 0 aliphatic heterocycles. The minimum Gasteiger partial charge on any atom is -0.376 e. The van der Waals surface area contributed by atoms with Crippen LogP contribution in [0.3, 0.4) is 0 Å². The Labute approximate surface area is 114 Å². The van der Waals surface area contributed by atoms with Crippen LogP contribution in [0.2, 0.25) is 0 Å². The summed E-state index contributed by atoms with van der Waals surface area (Å²) < 4.78 is 6.17. The fraction of sp³-hybridized carbons (Fsp3) is 0.500. The average Bonchev–Trinajstić information content (AvgIpc) is 2.36. The van der Waals surface area contributed by atoms with Crippen LogP contribution in [0.5, 0.6) is 0 Å². The number of rotatable bonds is 4. The minimum atomic E-state index is -0.229. The highest BCUT2D eigenvalue weighted by atomic mass is 79.9. The fourth-order valence-corrected chi connectivity index (χ4v) is 2.43. The normalized spacial score (nSPS) is 26.5. The van der Waals surface area contributed by atoms with E-state index in [0.717, 1.165) is 6.42 Å². The minimum absolute atomic E-state index is 0.0106. The Kier molecular flexibility index (Phi) is 4.31. The van der Waals surface area contributed by atoms with Gasteiger partial charge in [-0.15, -0.1) is 0 Å². The maximum Gasteiger partial charge on any atom is 0.271 e. The van der Waals surface area contributed by atoms with Gasteiger partial charge in [0.15, 0.2) is 0 Å². The quantitative estimate of drug-likeness (QED) is 0.872. The van der Waals surface area contributed by atoms with E-state index in [1.54, 1.807) is 18.3 Å². The van der Waals surface area contributed by atoms with Crippen molar-refractivity contribution in [1.82, 2.24) is 10.3 Å². The lowest BCUT2D eigenvalue weighted by Gasteiger charge is -2.42. The zero-order chi connectivity index (χ0) is 13.1. The Morgan fingerprint density at radius 1 is 1.72 bits per heavy atom. The number of hydrogen-bond donors (Lipinski definition) is 2. The number of nitrogens with two attached hydrogens (primary N) is 1. The number of nitrogens with one attached hydrogen (secondary N) is 1. The molecule has 1 heterocycles. The van der Waals surface area contributed by atoms with E-state index < -0.39 is 0 Å². The lowest BCUT2D eigenvalue weighted by molar-refractivity contribution is -0.0300. The molecule has 3 N–H and O–H groups in total. The van der Waals surface area contributed by atoms with E-state index in [-0.39, 0.29) is 24.1 Å². The van der Waals surface area contributed by atoms with Gasteiger partial charge in [-0.25, -0.2) is 4.98 Å². The molecule has 1 fully saturated rings. The third-order valence-corrected chi connectivity index (χ3v) is 3.66. The summed E-state index contributed by atoms with van der Waals surface area (Å²) in [5, 5.41) is 2.88. The van der Waals surface area contributed by atoms with Crippen LogP contribution in [0.4, 0.5) is 0 Å². The highest BCUT2D eigenvalue weighted by molar-refractivity contribution is 9.10. The molecule has 1 amide bonds. The van der Waals surface area contributed by atoms with Gasteiger partial charge in [-0.05, 0) is 41.4 Å². The predicted molar refractivity (Wildman–Crippen MR) is 71.2 cm³/mol. The zero-order valence-electron chi connectivity index (χ0n) is 10.1. The highest BCUT2D eigenvalue weighted by Gasteiger charge is 2.40. The van der Waals surface area contributed by atoms with Crippen LogP contribution in [0.25, 0.3) is 0 Å². The van der Waals surface area contributed by atoms with Crippen molar-refractivity contribution < 1.29 is 9.53 Å². The van der Waals surface area contributed by atoms with Crippen LogP contribution in [0.15, 0.2) is 22.8 Å². The van der Waals surface area contributed by atoms with E-state index in [1.165, 1.54) is 0 Å². The van der Waals surface area contributed by atoms with Crippen LogP contribution in [0.1, 0.15) is 23.8 Å². The Hall–Kier alpha value is -0.980. The van der Waals surface area contributed by atoms with Crippen molar-refractivity contribution in [3.8, 4) is 0 Å². The Morgan fingerprint density at radius 3 is 3.11 bits per heavy atom. The summed E-state index contributed by atoms with van der Waals surface area (Å²) in [6, 6.07) is 3.36. The van der Waals surface area contributed by atoms with Gasteiger partial charge in [0.25, 0.3) is 5.91 Å². The van der Waals surface area contributed by atoms with Crippen LogP contribution in [-0.2, 0) is 4.74 Å². The number of nitrogens with zero attached hydrogens (tertiary/aromatic N) is 1. The molecule has 18 heavy (non-hydrogen) atoms. The number of hydrogen-bond acceptors (Lipinski definition) is 4. The summed E-state index contributed by atoms with van der Waals surface area (Å²) in [7, 11) is 0. The first-order chi connectivity index (χ1) is 8.63. The largest absolute Gasteiger partial charge is 0.376 e. The van der Waals surface area contributed by atoms with Crippen molar-refractivity contribution in [1.29, 1.82) is 0 Å². The Bertz CT molecular complexity index is 439. The number of pyridine rings is 1. The molecule has 3 unspecified atom stereocenters. The molecule has 1 aromatic rings. The molecule has 2 rings (SSSR count).